The third kappa shape index (κ3) is 6.07. The fourth-order valence-corrected chi connectivity index (χ4v) is 4.36. The van der Waals surface area contributed by atoms with Crippen molar-refractivity contribution in [3.05, 3.63) is 29.8 Å². The van der Waals surface area contributed by atoms with Crippen LogP contribution in [-0.4, -0.2) is 42.3 Å². The molecule has 2 N–H and O–H groups in total. The Balaban J connectivity index is 1.56. The van der Waals surface area contributed by atoms with E-state index >= 15 is 0 Å². The first-order valence-electron chi connectivity index (χ1n) is 11.4. The first-order valence-corrected chi connectivity index (χ1v) is 11.4. The average molecular weight is 414 g/mol. The highest BCUT2D eigenvalue weighted by Crippen LogP contribution is 2.24. The van der Waals surface area contributed by atoms with E-state index < -0.39 is 0 Å². The predicted molar refractivity (Wildman–Crippen MR) is 118 cm³/mol. The summed E-state index contributed by atoms with van der Waals surface area (Å²) in [5.74, 6) is 0.256. The van der Waals surface area contributed by atoms with Gasteiger partial charge >= 0.3 is 0 Å². The SMILES string of the molecule is CC(C)C(=O)Nc1cccc(C(=O)N2CCCC(C(=O)NCC3CCCCC3)C2)c1. The zero-order valence-electron chi connectivity index (χ0n) is 18.3. The normalized spacial score (nSPS) is 20.1. The topological polar surface area (TPSA) is 78.5 Å². The average Bonchev–Trinajstić information content (AvgIpc) is 2.77. The molecule has 1 atom stereocenters. The Morgan fingerprint density at radius 2 is 1.83 bits per heavy atom. The fourth-order valence-electron chi connectivity index (χ4n) is 4.36. The van der Waals surface area contributed by atoms with Gasteiger partial charge in [-0.05, 0) is 49.8 Å². The number of carbonyl (C=O) groups excluding carboxylic acids is 3. The zero-order chi connectivity index (χ0) is 21.5. The summed E-state index contributed by atoms with van der Waals surface area (Å²) in [4.78, 5) is 39.4. The van der Waals surface area contributed by atoms with E-state index in [1.165, 1.54) is 32.1 Å². The monoisotopic (exact) mass is 413 g/mol. The fraction of sp³-hybridized carbons (Fsp3) is 0.625. The summed E-state index contributed by atoms with van der Waals surface area (Å²) < 4.78 is 0. The van der Waals surface area contributed by atoms with Crippen LogP contribution >= 0.6 is 0 Å². The number of nitrogens with zero attached hydrogens (tertiary/aromatic N) is 1. The molecule has 30 heavy (non-hydrogen) atoms. The van der Waals surface area contributed by atoms with Crippen molar-refractivity contribution in [2.45, 2.75) is 58.8 Å². The van der Waals surface area contributed by atoms with Crippen LogP contribution in [-0.2, 0) is 9.59 Å². The van der Waals surface area contributed by atoms with Crippen molar-refractivity contribution in [1.29, 1.82) is 0 Å². The van der Waals surface area contributed by atoms with E-state index in [2.05, 4.69) is 10.6 Å². The Morgan fingerprint density at radius 1 is 1.07 bits per heavy atom. The predicted octanol–water partition coefficient (Wildman–Crippen LogP) is 3.83. The molecular weight excluding hydrogens is 378 g/mol. The number of benzene rings is 1. The van der Waals surface area contributed by atoms with Crippen LogP contribution in [0.25, 0.3) is 0 Å². The minimum Gasteiger partial charge on any atom is -0.356 e. The summed E-state index contributed by atoms with van der Waals surface area (Å²) in [5, 5.41) is 5.98. The molecule has 0 bridgehead atoms. The van der Waals surface area contributed by atoms with Gasteiger partial charge in [0.2, 0.25) is 11.8 Å². The molecule has 1 aliphatic carbocycles. The van der Waals surface area contributed by atoms with Gasteiger partial charge in [0.15, 0.2) is 0 Å². The lowest BCUT2D eigenvalue weighted by molar-refractivity contribution is -0.126. The first-order chi connectivity index (χ1) is 14.4. The maximum Gasteiger partial charge on any atom is 0.253 e. The molecule has 6 nitrogen and oxygen atoms in total. The highest BCUT2D eigenvalue weighted by Gasteiger charge is 2.29. The molecular formula is C24H35N3O3. The molecule has 1 aliphatic heterocycles. The number of amides is 3. The van der Waals surface area contributed by atoms with Gasteiger partial charge in [-0.1, -0.05) is 39.2 Å². The van der Waals surface area contributed by atoms with Crippen LogP contribution < -0.4 is 10.6 Å². The number of hydrogen-bond acceptors (Lipinski definition) is 3. The molecule has 1 saturated heterocycles. The van der Waals surface area contributed by atoms with Gasteiger partial charge in [0.05, 0.1) is 5.92 Å². The van der Waals surface area contributed by atoms with Crippen LogP contribution in [0.5, 0.6) is 0 Å². The Kier molecular flexibility index (Phi) is 7.88. The number of hydrogen-bond donors (Lipinski definition) is 2. The Labute approximate surface area is 179 Å². The number of anilines is 1. The van der Waals surface area contributed by atoms with Gasteiger partial charge in [0.1, 0.15) is 0 Å². The van der Waals surface area contributed by atoms with Gasteiger partial charge in [-0.2, -0.15) is 0 Å². The van der Waals surface area contributed by atoms with Crippen molar-refractivity contribution in [3.63, 3.8) is 0 Å². The second-order valence-corrected chi connectivity index (χ2v) is 9.06. The molecule has 0 spiro atoms. The summed E-state index contributed by atoms with van der Waals surface area (Å²) >= 11 is 0. The van der Waals surface area contributed by atoms with Gasteiger partial charge in [0.25, 0.3) is 5.91 Å². The van der Waals surface area contributed by atoms with E-state index in [1.54, 1.807) is 29.2 Å². The summed E-state index contributed by atoms with van der Waals surface area (Å²) in [7, 11) is 0. The van der Waals surface area contributed by atoms with Crippen molar-refractivity contribution in [2.24, 2.45) is 17.8 Å². The first kappa shape index (κ1) is 22.3. The molecule has 6 heteroatoms. The Hall–Kier alpha value is -2.37. The summed E-state index contributed by atoms with van der Waals surface area (Å²) in [5.41, 5.74) is 1.16. The molecule has 2 aliphatic rings. The van der Waals surface area contributed by atoms with Gasteiger partial charge in [-0.3, -0.25) is 14.4 Å². The molecule has 0 radical (unpaired) electrons. The highest BCUT2D eigenvalue weighted by molar-refractivity contribution is 5.97. The zero-order valence-corrected chi connectivity index (χ0v) is 18.3. The third-order valence-electron chi connectivity index (χ3n) is 6.27. The van der Waals surface area contributed by atoms with Crippen LogP contribution in [0.15, 0.2) is 24.3 Å². The van der Waals surface area contributed by atoms with Crippen molar-refractivity contribution >= 4 is 23.4 Å². The number of carbonyl (C=O) groups is 3. The molecule has 1 aromatic carbocycles. The standard InChI is InChI=1S/C24H35N3O3/c1-17(2)22(28)26-21-12-6-10-19(14-21)24(30)27-13-7-11-20(16-27)23(29)25-15-18-8-4-3-5-9-18/h6,10,12,14,17-18,20H,3-5,7-9,11,13,15-16H2,1-2H3,(H,25,29)(H,26,28). The van der Waals surface area contributed by atoms with E-state index in [9.17, 15) is 14.4 Å². The largest absolute Gasteiger partial charge is 0.356 e. The van der Waals surface area contributed by atoms with Gasteiger partial charge in [-0.25, -0.2) is 0 Å². The second kappa shape index (κ2) is 10.6. The van der Waals surface area contributed by atoms with Gasteiger partial charge < -0.3 is 15.5 Å². The maximum atomic E-state index is 13.0. The van der Waals surface area contributed by atoms with Crippen LogP contribution in [0.3, 0.4) is 0 Å². The molecule has 0 aromatic heterocycles. The van der Waals surface area contributed by atoms with Crippen molar-refractivity contribution in [1.82, 2.24) is 10.2 Å². The smallest absolute Gasteiger partial charge is 0.253 e. The van der Waals surface area contributed by atoms with E-state index in [-0.39, 0.29) is 29.6 Å². The van der Waals surface area contributed by atoms with Crippen LogP contribution in [0.2, 0.25) is 0 Å². The van der Waals surface area contributed by atoms with Crippen LogP contribution in [0.4, 0.5) is 5.69 Å². The van der Waals surface area contributed by atoms with E-state index in [0.717, 1.165) is 19.4 Å². The molecule has 1 heterocycles. The Bertz CT molecular complexity index is 756. The Morgan fingerprint density at radius 3 is 2.57 bits per heavy atom. The molecule has 1 unspecified atom stereocenters. The van der Waals surface area contributed by atoms with E-state index in [4.69, 9.17) is 0 Å². The van der Waals surface area contributed by atoms with Gasteiger partial charge in [0, 0.05) is 36.8 Å². The minimum absolute atomic E-state index is 0.0766. The van der Waals surface area contributed by atoms with Gasteiger partial charge in [-0.15, -0.1) is 0 Å². The number of piperidine rings is 1. The molecule has 164 valence electrons. The quantitative estimate of drug-likeness (QED) is 0.744. The summed E-state index contributed by atoms with van der Waals surface area (Å²) in [6.07, 6.45) is 7.92. The summed E-state index contributed by atoms with van der Waals surface area (Å²) in [6, 6.07) is 7.05. The van der Waals surface area contributed by atoms with E-state index in [0.29, 0.717) is 30.3 Å². The van der Waals surface area contributed by atoms with Crippen molar-refractivity contribution < 1.29 is 14.4 Å². The van der Waals surface area contributed by atoms with E-state index in [1.807, 2.05) is 13.8 Å². The second-order valence-electron chi connectivity index (χ2n) is 9.06. The van der Waals surface area contributed by atoms with Crippen LogP contribution in [0, 0.1) is 17.8 Å². The molecule has 3 rings (SSSR count). The molecule has 1 aromatic rings. The lowest BCUT2D eigenvalue weighted by Crippen LogP contribution is -2.46. The molecule has 2 fully saturated rings. The van der Waals surface area contributed by atoms with Crippen LogP contribution in [0.1, 0.15) is 69.2 Å². The lowest BCUT2D eigenvalue weighted by Gasteiger charge is -2.32. The highest BCUT2D eigenvalue weighted by atomic mass is 16.2. The van der Waals surface area contributed by atoms with Crippen molar-refractivity contribution in [2.75, 3.05) is 25.0 Å². The lowest BCUT2D eigenvalue weighted by atomic mass is 9.89. The summed E-state index contributed by atoms with van der Waals surface area (Å²) in [6.45, 7) is 5.54. The number of likely N-dealkylation sites (tertiary alicyclic amines) is 1. The molecule has 3 amide bonds. The molecule has 1 saturated carbocycles. The minimum atomic E-state index is -0.143. The maximum absolute atomic E-state index is 13.0. The third-order valence-corrected chi connectivity index (χ3v) is 6.27. The van der Waals surface area contributed by atoms with Crippen molar-refractivity contribution in [3.8, 4) is 0 Å². The number of nitrogens with one attached hydrogen (secondary N) is 2. The number of rotatable bonds is 6.